The molecule has 2 N–H and O–H groups in total. The molecule has 1 saturated carbocycles. The van der Waals surface area contributed by atoms with Crippen LogP contribution in [0.25, 0.3) is 28.2 Å². The number of amides is 1. The fraction of sp³-hybridized carbons (Fsp3) is 0.367. The first-order chi connectivity index (χ1) is 18.4. The largest absolute Gasteiger partial charge is 0.494 e. The second-order valence-corrected chi connectivity index (χ2v) is 10.7. The molecule has 4 aromatic rings. The lowest BCUT2D eigenvalue weighted by molar-refractivity contribution is 0.0739. The van der Waals surface area contributed by atoms with Gasteiger partial charge in [0.1, 0.15) is 23.0 Å². The summed E-state index contributed by atoms with van der Waals surface area (Å²) in [5.74, 6) is 2.02. The highest BCUT2D eigenvalue weighted by Gasteiger charge is 2.37. The number of likely N-dealkylation sites (tertiary alicyclic amines) is 1. The minimum atomic E-state index is -0.0720. The number of imidazole rings is 1. The topological polar surface area (TPSA) is 102 Å². The van der Waals surface area contributed by atoms with Crippen LogP contribution in [0.15, 0.2) is 54.6 Å². The number of para-hydroxylation sites is 1. The predicted molar refractivity (Wildman–Crippen MR) is 146 cm³/mol. The Morgan fingerprint density at radius 1 is 1.16 bits per heavy atom. The zero-order valence-corrected chi connectivity index (χ0v) is 22.0. The van der Waals surface area contributed by atoms with E-state index in [4.69, 9.17) is 15.5 Å². The van der Waals surface area contributed by atoms with Gasteiger partial charge in [-0.15, -0.1) is 0 Å². The molecule has 0 radical (unpaired) electrons. The van der Waals surface area contributed by atoms with Gasteiger partial charge in [-0.05, 0) is 68.0 Å². The van der Waals surface area contributed by atoms with E-state index < -0.39 is 0 Å². The molecule has 1 amide bonds. The Labute approximate surface area is 222 Å². The first kappa shape index (κ1) is 24.3. The average molecular weight is 509 g/mol. The van der Waals surface area contributed by atoms with E-state index in [2.05, 4.69) is 22.1 Å². The van der Waals surface area contributed by atoms with Crippen molar-refractivity contribution in [2.45, 2.75) is 45.3 Å². The molecule has 3 heterocycles. The smallest absolute Gasteiger partial charge is 0.254 e. The Hall–Kier alpha value is -4.09. The fourth-order valence-electron chi connectivity index (χ4n) is 5.68. The summed E-state index contributed by atoms with van der Waals surface area (Å²) in [7, 11) is 1.62. The van der Waals surface area contributed by atoms with Crippen LogP contribution in [-0.2, 0) is 6.54 Å². The number of fused-ring (bicyclic) bond motifs is 1. The van der Waals surface area contributed by atoms with Gasteiger partial charge in [0.2, 0.25) is 0 Å². The van der Waals surface area contributed by atoms with Crippen molar-refractivity contribution in [3.05, 3.63) is 65.9 Å². The molecule has 2 aromatic heterocycles. The summed E-state index contributed by atoms with van der Waals surface area (Å²) >= 11 is 0. The first-order valence-electron chi connectivity index (χ1n) is 13.2. The quantitative estimate of drug-likeness (QED) is 0.410. The number of carbonyl (C=O) groups excluding carboxylic acids is 1. The van der Waals surface area contributed by atoms with Gasteiger partial charge in [-0.2, -0.15) is 5.26 Å². The zero-order valence-electron chi connectivity index (χ0n) is 22.0. The standard InChI is InChI=1S/C30H32N6O2/c1-18-16-34(19(2)27(18)32)30(37)21-13-24-28(26(14-21)38-3)36(22-7-5-4-6-8-22)29(33-24)25-12-11-23(15-31)35(25)17-20-9-10-20/h4-8,11-14,18-20,27H,9-10,16-17,32H2,1-3H3/t18-,19-,27-/m1/s1. The molecule has 194 valence electrons. The van der Waals surface area contributed by atoms with Gasteiger partial charge in [0.15, 0.2) is 5.82 Å². The molecular formula is C30H32N6O2. The number of nitrogens with zero attached hydrogens (tertiary/aromatic N) is 5. The second kappa shape index (κ2) is 9.34. The van der Waals surface area contributed by atoms with Crippen LogP contribution in [0.2, 0.25) is 0 Å². The summed E-state index contributed by atoms with van der Waals surface area (Å²) in [4.78, 5) is 20.6. The number of carbonyl (C=O) groups is 1. The highest BCUT2D eigenvalue weighted by molar-refractivity contribution is 6.00. The molecule has 0 spiro atoms. The van der Waals surface area contributed by atoms with E-state index in [9.17, 15) is 10.1 Å². The Bertz CT molecular complexity index is 1560. The number of rotatable bonds is 6. The normalized spacial score (nSPS) is 21.1. The molecule has 6 rings (SSSR count). The van der Waals surface area contributed by atoms with Crippen LogP contribution >= 0.6 is 0 Å². The maximum atomic E-state index is 13.7. The maximum Gasteiger partial charge on any atom is 0.254 e. The van der Waals surface area contributed by atoms with E-state index >= 15 is 0 Å². The Morgan fingerprint density at radius 3 is 2.55 bits per heavy atom. The molecule has 1 aliphatic carbocycles. The van der Waals surface area contributed by atoms with E-state index in [0.717, 1.165) is 23.4 Å². The molecule has 2 fully saturated rings. The number of hydrogen-bond acceptors (Lipinski definition) is 5. The van der Waals surface area contributed by atoms with Crippen LogP contribution in [0.3, 0.4) is 0 Å². The van der Waals surface area contributed by atoms with Crippen molar-refractivity contribution in [3.63, 3.8) is 0 Å². The van der Waals surface area contributed by atoms with Crippen LogP contribution in [0.5, 0.6) is 5.75 Å². The van der Waals surface area contributed by atoms with E-state index in [0.29, 0.717) is 40.8 Å². The van der Waals surface area contributed by atoms with Gasteiger partial charge in [-0.25, -0.2) is 4.98 Å². The molecule has 0 bridgehead atoms. The van der Waals surface area contributed by atoms with Crippen molar-refractivity contribution in [1.29, 1.82) is 5.26 Å². The third kappa shape index (κ3) is 3.95. The van der Waals surface area contributed by atoms with Gasteiger partial charge >= 0.3 is 0 Å². The van der Waals surface area contributed by atoms with E-state index in [1.54, 1.807) is 13.2 Å². The SMILES string of the molecule is COc1cc(C(=O)N2C[C@@H](C)[C@@H](N)[C@H]2C)cc2nc(-c3ccc(C#N)n3CC3CC3)n(-c3ccccc3)c12. The molecule has 1 saturated heterocycles. The average Bonchev–Trinajstić information content (AvgIpc) is 3.46. The number of ether oxygens (including phenoxy) is 1. The highest BCUT2D eigenvalue weighted by Crippen LogP contribution is 2.38. The minimum absolute atomic E-state index is 0.0493. The van der Waals surface area contributed by atoms with Crippen molar-refractivity contribution < 1.29 is 9.53 Å². The molecule has 38 heavy (non-hydrogen) atoms. The summed E-state index contributed by atoms with van der Waals surface area (Å²) < 4.78 is 10.0. The van der Waals surface area contributed by atoms with Crippen molar-refractivity contribution in [1.82, 2.24) is 19.0 Å². The molecule has 2 aromatic carbocycles. The lowest BCUT2D eigenvalue weighted by Gasteiger charge is -2.23. The van der Waals surface area contributed by atoms with Crippen LogP contribution in [0.4, 0.5) is 0 Å². The van der Waals surface area contributed by atoms with Crippen LogP contribution in [0, 0.1) is 23.2 Å². The van der Waals surface area contributed by atoms with E-state index in [-0.39, 0.29) is 23.9 Å². The van der Waals surface area contributed by atoms with Crippen molar-refractivity contribution in [2.24, 2.45) is 17.6 Å². The molecule has 8 heteroatoms. The lowest BCUT2D eigenvalue weighted by Crippen LogP contribution is -2.40. The summed E-state index contributed by atoms with van der Waals surface area (Å²) in [5.41, 5.74) is 10.7. The van der Waals surface area contributed by atoms with Gasteiger partial charge in [-0.3, -0.25) is 9.36 Å². The van der Waals surface area contributed by atoms with Gasteiger partial charge in [-0.1, -0.05) is 25.1 Å². The Balaban J connectivity index is 1.55. The van der Waals surface area contributed by atoms with Crippen LogP contribution < -0.4 is 10.5 Å². The minimum Gasteiger partial charge on any atom is -0.494 e. The third-order valence-corrected chi connectivity index (χ3v) is 8.11. The van der Waals surface area contributed by atoms with Gasteiger partial charge < -0.3 is 19.9 Å². The highest BCUT2D eigenvalue weighted by atomic mass is 16.5. The molecular weight excluding hydrogens is 476 g/mol. The summed E-state index contributed by atoms with van der Waals surface area (Å²) in [6.45, 7) is 5.50. The molecule has 1 aliphatic heterocycles. The lowest BCUT2D eigenvalue weighted by atomic mass is 10.0. The summed E-state index contributed by atoms with van der Waals surface area (Å²) in [6.07, 6.45) is 2.35. The molecule has 2 aliphatic rings. The maximum absolute atomic E-state index is 13.7. The summed E-state index contributed by atoms with van der Waals surface area (Å²) in [6, 6.07) is 19.7. The van der Waals surface area contributed by atoms with Crippen molar-refractivity contribution in [2.75, 3.05) is 13.7 Å². The Kier molecular flexibility index (Phi) is 5.96. The number of benzene rings is 2. The monoisotopic (exact) mass is 508 g/mol. The predicted octanol–water partition coefficient (Wildman–Crippen LogP) is 4.59. The zero-order chi connectivity index (χ0) is 26.6. The van der Waals surface area contributed by atoms with Crippen LogP contribution in [0.1, 0.15) is 42.7 Å². The molecule has 3 atom stereocenters. The number of nitrogens with two attached hydrogens (primary N) is 1. The fourth-order valence-corrected chi connectivity index (χ4v) is 5.68. The number of nitriles is 1. The summed E-state index contributed by atoms with van der Waals surface area (Å²) in [5, 5.41) is 9.81. The van der Waals surface area contributed by atoms with E-state index in [1.165, 1.54) is 12.8 Å². The first-order valence-corrected chi connectivity index (χ1v) is 13.2. The van der Waals surface area contributed by atoms with E-state index in [1.807, 2.05) is 60.4 Å². The van der Waals surface area contributed by atoms with Gasteiger partial charge in [0, 0.05) is 36.4 Å². The van der Waals surface area contributed by atoms with Crippen molar-refractivity contribution >= 4 is 16.9 Å². The number of aromatic nitrogens is 3. The molecule has 8 nitrogen and oxygen atoms in total. The van der Waals surface area contributed by atoms with Crippen LogP contribution in [-0.4, -0.2) is 50.7 Å². The Morgan fingerprint density at radius 2 is 1.92 bits per heavy atom. The van der Waals surface area contributed by atoms with Gasteiger partial charge in [0.25, 0.3) is 5.91 Å². The number of methoxy groups -OCH3 is 1. The van der Waals surface area contributed by atoms with Gasteiger partial charge in [0.05, 0.1) is 18.3 Å². The second-order valence-electron chi connectivity index (χ2n) is 10.7. The van der Waals surface area contributed by atoms with Crippen molar-refractivity contribution in [3.8, 4) is 29.0 Å². The third-order valence-electron chi connectivity index (χ3n) is 8.11. The molecule has 0 unspecified atom stereocenters. The number of hydrogen-bond donors (Lipinski definition) is 1.